The average molecular weight is 419 g/mol. The van der Waals surface area contributed by atoms with E-state index < -0.39 is 10.0 Å². The first-order valence-electron chi connectivity index (χ1n) is 8.93. The Kier molecular flexibility index (Phi) is 5.47. The van der Waals surface area contributed by atoms with E-state index in [1.807, 2.05) is 4.57 Å². The van der Waals surface area contributed by atoms with Crippen LogP contribution in [-0.2, 0) is 10.0 Å². The van der Waals surface area contributed by atoms with Gasteiger partial charge in [-0.05, 0) is 37.1 Å². The zero-order valence-corrected chi connectivity index (χ0v) is 16.6. The van der Waals surface area contributed by atoms with Crippen molar-refractivity contribution in [1.82, 2.24) is 19.5 Å². The third-order valence-electron chi connectivity index (χ3n) is 4.37. The van der Waals surface area contributed by atoms with Gasteiger partial charge in [-0.2, -0.15) is 0 Å². The highest BCUT2D eigenvalue weighted by Crippen LogP contribution is 2.41. The van der Waals surface area contributed by atoms with Crippen molar-refractivity contribution in [3.8, 4) is 11.4 Å². The molecule has 9 heteroatoms. The number of sulfonamides is 1. The van der Waals surface area contributed by atoms with Gasteiger partial charge in [0.25, 0.3) is 0 Å². The van der Waals surface area contributed by atoms with Crippen LogP contribution in [0.15, 0.2) is 64.6 Å². The van der Waals surface area contributed by atoms with E-state index in [4.69, 9.17) is 0 Å². The molecule has 0 amide bonds. The van der Waals surface area contributed by atoms with Gasteiger partial charge in [-0.3, -0.25) is 4.57 Å². The Morgan fingerprint density at radius 2 is 1.79 bits per heavy atom. The minimum absolute atomic E-state index is 0.239. The van der Waals surface area contributed by atoms with Crippen molar-refractivity contribution in [1.29, 1.82) is 0 Å². The topological polar surface area (TPSA) is 76.9 Å². The lowest BCUT2D eigenvalue weighted by Gasteiger charge is -2.10. The van der Waals surface area contributed by atoms with Gasteiger partial charge in [0, 0.05) is 18.3 Å². The van der Waals surface area contributed by atoms with Crippen molar-refractivity contribution in [2.24, 2.45) is 0 Å². The van der Waals surface area contributed by atoms with Crippen LogP contribution in [0.4, 0.5) is 4.39 Å². The highest BCUT2D eigenvalue weighted by molar-refractivity contribution is 7.99. The van der Waals surface area contributed by atoms with Crippen LogP contribution >= 0.6 is 11.8 Å². The smallest absolute Gasteiger partial charge is 0.240 e. The second kappa shape index (κ2) is 8.02. The van der Waals surface area contributed by atoms with E-state index in [9.17, 15) is 12.8 Å². The monoisotopic (exact) mass is 418 g/mol. The lowest BCUT2D eigenvalue weighted by molar-refractivity contribution is 0.584. The number of rotatable bonds is 8. The summed E-state index contributed by atoms with van der Waals surface area (Å²) in [6, 6.07) is 15.0. The number of benzene rings is 2. The Bertz CT molecular complexity index is 1070. The standard InChI is InChI=1S/C19H19FN4O2S2/c20-17-9-5-4-8-16(17)18-22-23-19(24(18)14-10-11-14)27-13-12-21-28(25,26)15-6-2-1-3-7-15/h1-9,14,21H,10-13H2. The van der Waals surface area contributed by atoms with Gasteiger partial charge in [0.2, 0.25) is 10.0 Å². The summed E-state index contributed by atoms with van der Waals surface area (Å²) >= 11 is 1.41. The van der Waals surface area contributed by atoms with E-state index in [-0.39, 0.29) is 23.3 Å². The maximum atomic E-state index is 14.2. The molecule has 0 unspecified atom stereocenters. The fourth-order valence-electron chi connectivity index (χ4n) is 2.86. The summed E-state index contributed by atoms with van der Waals surface area (Å²) in [5.74, 6) is 0.686. The first kappa shape index (κ1) is 19.1. The van der Waals surface area contributed by atoms with Crippen LogP contribution in [0.2, 0.25) is 0 Å². The van der Waals surface area contributed by atoms with Crippen LogP contribution in [0.3, 0.4) is 0 Å². The second-order valence-electron chi connectivity index (χ2n) is 6.45. The molecule has 1 saturated carbocycles. The van der Waals surface area contributed by atoms with Crippen LogP contribution in [0, 0.1) is 5.82 Å². The van der Waals surface area contributed by atoms with Gasteiger partial charge >= 0.3 is 0 Å². The minimum Gasteiger partial charge on any atom is -0.299 e. The zero-order chi connectivity index (χ0) is 19.6. The molecule has 0 aliphatic heterocycles. The van der Waals surface area contributed by atoms with Gasteiger partial charge in [0.15, 0.2) is 11.0 Å². The molecule has 4 rings (SSSR count). The van der Waals surface area contributed by atoms with Crippen LogP contribution < -0.4 is 4.72 Å². The molecule has 0 radical (unpaired) electrons. The van der Waals surface area contributed by atoms with E-state index >= 15 is 0 Å². The Hall–Kier alpha value is -2.23. The lowest BCUT2D eigenvalue weighted by Crippen LogP contribution is -2.26. The molecule has 1 heterocycles. The lowest BCUT2D eigenvalue weighted by atomic mass is 10.2. The predicted molar refractivity (Wildman–Crippen MR) is 106 cm³/mol. The predicted octanol–water partition coefficient (Wildman–Crippen LogP) is 3.49. The van der Waals surface area contributed by atoms with Gasteiger partial charge in [0.05, 0.1) is 10.5 Å². The Morgan fingerprint density at radius 1 is 1.07 bits per heavy atom. The number of hydrogen-bond acceptors (Lipinski definition) is 5. The molecule has 2 aromatic carbocycles. The Labute approximate surface area is 167 Å². The number of nitrogens with one attached hydrogen (secondary N) is 1. The van der Waals surface area contributed by atoms with Crippen molar-refractivity contribution >= 4 is 21.8 Å². The van der Waals surface area contributed by atoms with Crippen molar-refractivity contribution in [2.45, 2.75) is 28.9 Å². The minimum atomic E-state index is -3.53. The number of aromatic nitrogens is 3. The summed E-state index contributed by atoms with van der Waals surface area (Å²) < 4.78 is 43.3. The molecule has 28 heavy (non-hydrogen) atoms. The molecular weight excluding hydrogens is 399 g/mol. The molecule has 0 atom stereocenters. The summed E-state index contributed by atoms with van der Waals surface area (Å²) in [6.07, 6.45) is 2.02. The highest BCUT2D eigenvalue weighted by Gasteiger charge is 2.30. The Morgan fingerprint density at radius 3 is 2.50 bits per heavy atom. The van der Waals surface area contributed by atoms with Crippen molar-refractivity contribution in [2.75, 3.05) is 12.3 Å². The molecule has 3 aromatic rings. The highest BCUT2D eigenvalue weighted by atomic mass is 32.2. The molecule has 1 aliphatic rings. The SMILES string of the molecule is O=S(=O)(NCCSc1nnc(-c2ccccc2F)n1C1CC1)c1ccccc1. The average Bonchev–Trinajstić information content (AvgIpc) is 3.46. The van der Waals surface area contributed by atoms with E-state index in [2.05, 4.69) is 14.9 Å². The van der Waals surface area contributed by atoms with E-state index in [1.165, 1.54) is 17.8 Å². The van der Waals surface area contributed by atoms with Gasteiger partial charge < -0.3 is 0 Å². The van der Waals surface area contributed by atoms with Gasteiger partial charge in [-0.25, -0.2) is 17.5 Å². The van der Waals surface area contributed by atoms with Gasteiger partial charge in [-0.15, -0.1) is 10.2 Å². The maximum Gasteiger partial charge on any atom is 0.240 e. The van der Waals surface area contributed by atoms with Crippen LogP contribution in [0.5, 0.6) is 0 Å². The fraction of sp³-hybridized carbons (Fsp3) is 0.263. The fourth-order valence-corrected chi connectivity index (χ4v) is 4.91. The number of nitrogens with zero attached hydrogens (tertiary/aromatic N) is 3. The molecule has 0 saturated heterocycles. The molecule has 1 fully saturated rings. The molecule has 0 spiro atoms. The van der Waals surface area contributed by atoms with Crippen LogP contribution in [0.1, 0.15) is 18.9 Å². The first-order valence-corrected chi connectivity index (χ1v) is 11.4. The summed E-state index contributed by atoms with van der Waals surface area (Å²) in [4.78, 5) is 0.239. The van der Waals surface area contributed by atoms with E-state index in [0.717, 1.165) is 12.8 Å². The summed E-state index contributed by atoms with van der Waals surface area (Å²) in [7, 11) is -3.53. The largest absolute Gasteiger partial charge is 0.299 e. The number of hydrogen-bond donors (Lipinski definition) is 1. The second-order valence-corrected chi connectivity index (χ2v) is 9.28. The molecule has 1 N–H and O–H groups in total. The molecule has 6 nitrogen and oxygen atoms in total. The maximum absolute atomic E-state index is 14.2. The zero-order valence-electron chi connectivity index (χ0n) is 15.0. The van der Waals surface area contributed by atoms with Crippen molar-refractivity contribution < 1.29 is 12.8 Å². The van der Waals surface area contributed by atoms with Crippen LogP contribution in [0.25, 0.3) is 11.4 Å². The van der Waals surface area contributed by atoms with E-state index in [0.29, 0.717) is 22.3 Å². The third kappa shape index (κ3) is 4.11. The molecular formula is C19H19FN4O2S2. The summed E-state index contributed by atoms with van der Waals surface area (Å²) in [6.45, 7) is 0.258. The van der Waals surface area contributed by atoms with Crippen molar-refractivity contribution in [3.63, 3.8) is 0 Å². The Balaban J connectivity index is 1.44. The van der Waals surface area contributed by atoms with Gasteiger partial charge in [-0.1, -0.05) is 42.1 Å². The molecule has 0 bridgehead atoms. The summed E-state index contributed by atoms with van der Waals surface area (Å²) in [5, 5.41) is 9.10. The van der Waals surface area contributed by atoms with Crippen LogP contribution in [-0.4, -0.2) is 35.5 Å². The van der Waals surface area contributed by atoms with Gasteiger partial charge in [0.1, 0.15) is 5.82 Å². The summed E-state index contributed by atoms with van der Waals surface area (Å²) in [5.41, 5.74) is 0.429. The van der Waals surface area contributed by atoms with Crippen molar-refractivity contribution in [3.05, 3.63) is 60.4 Å². The van der Waals surface area contributed by atoms with E-state index in [1.54, 1.807) is 48.5 Å². The molecule has 1 aliphatic carbocycles. The first-order chi connectivity index (χ1) is 13.6. The number of halogens is 1. The molecule has 1 aromatic heterocycles. The normalized spacial score (nSPS) is 14.3. The quantitative estimate of drug-likeness (QED) is 0.448. The molecule has 146 valence electrons. The third-order valence-corrected chi connectivity index (χ3v) is 6.79. The number of thioether (sulfide) groups is 1.